The highest BCUT2D eigenvalue weighted by Gasteiger charge is 2.30. The zero-order valence-corrected chi connectivity index (χ0v) is 8.93. The van der Waals surface area contributed by atoms with Gasteiger partial charge in [0.1, 0.15) is 0 Å². The van der Waals surface area contributed by atoms with Crippen LogP contribution < -0.4 is 0 Å². The van der Waals surface area contributed by atoms with E-state index in [2.05, 4.69) is 0 Å². The van der Waals surface area contributed by atoms with Gasteiger partial charge in [-0.3, -0.25) is 0 Å². The van der Waals surface area contributed by atoms with Crippen molar-refractivity contribution < 1.29 is 20.4 Å². The summed E-state index contributed by atoms with van der Waals surface area (Å²) in [6, 6.07) is 0. The van der Waals surface area contributed by atoms with Crippen molar-refractivity contribution in [1.29, 1.82) is 0 Å². The molecule has 0 bridgehead atoms. The highest BCUT2D eigenvalue weighted by molar-refractivity contribution is 4.78. The summed E-state index contributed by atoms with van der Waals surface area (Å²) in [5.74, 6) is -0.373. The Kier molecular flexibility index (Phi) is 7.09. The predicted molar refractivity (Wildman–Crippen MR) is 53.7 cm³/mol. The molecule has 0 aliphatic carbocycles. The van der Waals surface area contributed by atoms with Crippen molar-refractivity contribution in [3.05, 3.63) is 0 Å². The van der Waals surface area contributed by atoms with Crippen molar-refractivity contribution >= 4 is 0 Å². The molecule has 0 heterocycles. The summed E-state index contributed by atoms with van der Waals surface area (Å²) in [5.41, 5.74) is 0. The number of hydrogen-bond donors (Lipinski definition) is 4. The molecule has 0 fully saturated rings. The number of hydrogen-bond acceptors (Lipinski definition) is 4. The Labute approximate surface area is 85.2 Å². The van der Waals surface area contributed by atoms with E-state index in [0.717, 1.165) is 0 Å². The van der Waals surface area contributed by atoms with E-state index in [-0.39, 0.29) is 50.1 Å². The summed E-state index contributed by atoms with van der Waals surface area (Å²) in [4.78, 5) is 0. The minimum Gasteiger partial charge on any atom is -0.396 e. The van der Waals surface area contributed by atoms with Crippen molar-refractivity contribution in [3.8, 4) is 0 Å². The first-order valence-electron chi connectivity index (χ1n) is 5.05. The predicted octanol–water partition coefficient (Wildman–Crippen LogP) is -0.540. The standard InChI is InChI=1S/C10H22O4/c1-7(2)10(8(3-11)4-12)9(5-13)6-14/h7-14H,3-6H2,1-2H3. The Bertz CT molecular complexity index is 118. The molecule has 86 valence electrons. The summed E-state index contributed by atoms with van der Waals surface area (Å²) in [7, 11) is 0. The molecule has 0 unspecified atom stereocenters. The fourth-order valence-electron chi connectivity index (χ4n) is 2.08. The molecule has 0 amide bonds. The monoisotopic (exact) mass is 206 g/mol. The minimum atomic E-state index is -0.265. The molecule has 14 heavy (non-hydrogen) atoms. The van der Waals surface area contributed by atoms with Gasteiger partial charge >= 0.3 is 0 Å². The van der Waals surface area contributed by atoms with Crippen LogP contribution in [0.25, 0.3) is 0 Å². The maximum atomic E-state index is 9.06. The number of rotatable bonds is 7. The summed E-state index contributed by atoms with van der Waals surface area (Å²) < 4.78 is 0. The molecule has 0 aliphatic rings. The second-order valence-electron chi connectivity index (χ2n) is 4.07. The van der Waals surface area contributed by atoms with Gasteiger partial charge in [-0.2, -0.15) is 0 Å². The Hall–Kier alpha value is -0.160. The molecule has 4 nitrogen and oxygen atoms in total. The molecule has 0 radical (unpaired) electrons. The van der Waals surface area contributed by atoms with Crippen LogP contribution in [0.3, 0.4) is 0 Å². The smallest absolute Gasteiger partial charge is 0.0484 e. The molecular formula is C10H22O4. The zero-order chi connectivity index (χ0) is 11.1. The number of aliphatic hydroxyl groups excluding tert-OH is 4. The van der Waals surface area contributed by atoms with Crippen molar-refractivity contribution in [2.45, 2.75) is 13.8 Å². The first-order valence-corrected chi connectivity index (χ1v) is 5.05. The van der Waals surface area contributed by atoms with Crippen molar-refractivity contribution in [2.24, 2.45) is 23.7 Å². The lowest BCUT2D eigenvalue weighted by molar-refractivity contribution is 0.0100. The fourth-order valence-corrected chi connectivity index (χ4v) is 2.08. The molecule has 0 atom stereocenters. The van der Waals surface area contributed by atoms with E-state index in [1.165, 1.54) is 0 Å². The van der Waals surface area contributed by atoms with Gasteiger partial charge in [0.05, 0.1) is 0 Å². The largest absolute Gasteiger partial charge is 0.396 e. The Balaban J connectivity index is 4.54. The molecule has 0 saturated carbocycles. The lowest BCUT2D eigenvalue weighted by Crippen LogP contribution is -2.36. The second kappa shape index (κ2) is 7.17. The fraction of sp³-hybridized carbons (Fsp3) is 1.00. The molecule has 4 N–H and O–H groups in total. The third-order valence-corrected chi connectivity index (χ3v) is 2.80. The average molecular weight is 206 g/mol. The maximum absolute atomic E-state index is 9.06. The van der Waals surface area contributed by atoms with Gasteiger partial charge in [0.2, 0.25) is 0 Å². The van der Waals surface area contributed by atoms with Gasteiger partial charge in [0.15, 0.2) is 0 Å². The van der Waals surface area contributed by atoms with E-state index in [4.69, 9.17) is 20.4 Å². The molecule has 0 aromatic rings. The first-order chi connectivity index (χ1) is 6.62. The van der Waals surface area contributed by atoms with E-state index in [9.17, 15) is 0 Å². The minimum absolute atomic E-state index is 0.0556. The van der Waals surface area contributed by atoms with Crippen molar-refractivity contribution in [2.75, 3.05) is 26.4 Å². The normalized spacial score (nSPS) is 12.4. The quantitative estimate of drug-likeness (QED) is 0.451. The van der Waals surface area contributed by atoms with E-state index >= 15 is 0 Å². The molecule has 0 aromatic carbocycles. The molecule has 0 rings (SSSR count). The molecule has 0 aromatic heterocycles. The Morgan fingerprint density at radius 1 is 0.714 bits per heavy atom. The molecule has 4 heteroatoms. The SMILES string of the molecule is CC(C)C(C(CO)CO)C(CO)CO. The molecule has 0 spiro atoms. The first kappa shape index (κ1) is 13.8. The topological polar surface area (TPSA) is 80.9 Å². The van der Waals surface area contributed by atoms with Crippen LogP contribution in [0.2, 0.25) is 0 Å². The van der Waals surface area contributed by atoms with Crippen molar-refractivity contribution in [1.82, 2.24) is 0 Å². The van der Waals surface area contributed by atoms with Gasteiger partial charge in [-0.15, -0.1) is 0 Å². The summed E-state index contributed by atoms with van der Waals surface area (Å²) in [6.45, 7) is 3.46. The van der Waals surface area contributed by atoms with Crippen LogP contribution in [0.15, 0.2) is 0 Å². The van der Waals surface area contributed by atoms with Crippen LogP contribution >= 0.6 is 0 Å². The molecule has 0 aliphatic heterocycles. The summed E-state index contributed by atoms with van der Waals surface area (Å²) >= 11 is 0. The van der Waals surface area contributed by atoms with Gasteiger partial charge < -0.3 is 20.4 Å². The Morgan fingerprint density at radius 2 is 1.00 bits per heavy atom. The summed E-state index contributed by atoms with van der Waals surface area (Å²) in [5, 5.41) is 36.2. The van der Waals surface area contributed by atoms with Gasteiger partial charge in [-0.25, -0.2) is 0 Å². The van der Waals surface area contributed by atoms with Crippen molar-refractivity contribution in [3.63, 3.8) is 0 Å². The molecule has 0 saturated heterocycles. The van der Waals surface area contributed by atoms with Gasteiger partial charge in [0.25, 0.3) is 0 Å². The van der Waals surface area contributed by atoms with Crippen LogP contribution in [-0.4, -0.2) is 46.9 Å². The van der Waals surface area contributed by atoms with E-state index in [1.54, 1.807) is 0 Å². The highest BCUT2D eigenvalue weighted by atomic mass is 16.3. The van der Waals surface area contributed by atoms with Crippen LogP contribution in [0.1, 0.15) is 13.8 Å². The van der Waals surface area contributed by atoms with E-state index < -0.39 is 0 Å². The second-order valence-corrected chi connectivity index (χ2v) is 4.07. The van der Waals surface area contributed by atoms with Crippen LogP contribution in [-0.2, 0) is 0 Å². The van der Waals surface area contributed by atoms with Crippen LogP contribution in [0.4, 0.5) is 0 Å². The third kappa shape index (κ3) is 3.53. The van der Waals surface area contributed by atoms with Crippen LogP contribution in [0.5, 0.6) is 0 Å². The Morgan fingerprint density at radius 3 is 1.14 bits per heavy atom. The lowest BCUT2D eigenvalue weighted by atomic mass is 9.75. The highest BCUT2D eigenvalue weighted by Crippen LogP contribution is 2.28. The zero-order valence-electron chi connectivity index (χ0n) is 8.93. The van der Waals surface area contributed by atoms with E-state index in [0.29, 0.717) is 0 Å². The van der Waals surface area contributed by atoms with Gasteiger partial charge in [-0.1, -0.05) is 13.8 Å². The maximum Gasteiger partial charge on any atom is 0.0484 e. The van der Waals surface area contributed by atoms with Crippen LogP contribution in [0, 0.1) is 23.7 Å². The summed E-state index contributed by atoms with van der Waals surface area (Å²) in [6.07, 6.45) is 0. The lowest BCUT2D eigenvalue weighted by Gasteiger charge is -2.33. The third-order valence-electron chi connectivity index (χ3n) is 2.80. The average Bonchev–Trinajstić information content (AvgIpc) is 2.18. The van der Waals surface area contributed by atoms with Gasteiger partial charge in [-0.05, 0) is 11.8 Å². The van der Waals surface area contributed by atoms with E-state index in [1.807, 2.05) is 13.8 Å². The number of aliphatic hydroxyl groups is 4. The molecular weight excluding hydrogens is 184 g/mol. The van der Waals surface area contributed by atoms with Gasteiger partial charge in [0, 0.05) is 38.3 Å².